The number of benzene rings is 1. The predicted molar refractivity (Wildman–Crippen MR) is 98.8 cm³/mol. The quantitative estimate of drug-likeness (QED) is 0.672. The number of rotatable bonds is 7. The number of carbonyl (C=O) groups is 1. The fourth-order valence-electron chi connectivity index (χ4n) is 2.44. The molecule has 0 bridgehead atoms. The Morgan fingerprint density at radius 3 is 2.56 bits per heavy atom. The molecule has 1 amide bonds. The van der Waals surface area contributed by atoms with Crippen LogP contribution in [-0.4, -0.2) is 76.5 Å². The number of hydrogen-bond donors (Lipinski definition) is 1. The van der Waals surface area contributed by atoms with Gasteiger partial charge in [0.15, 0.2) is 0 Å². The van der Waals surface area contributed by atoms with E-state index in [1.807, 2.05) is 0 Å². The minimum absolute atomic E-state index is 0. The first-order chi connectivity index (χ1) is 11.4. The first-order valence-corrected chi connectivity index (χ1v) is 9.50. The molecule has 142 valence electrons. The van der Waals surface area contributed by atoms with Crippen LogP contribution in [0, 0.1) is 0 Å². The van der Waals surface area contributed by atoms with Crippen LogP contribution in [-0.2, 0) is 19.6 Å². The van der Waals surface area contributed by atoms with Crippen molar-refractivity contribution < 1.29 is 17.9 Å². The van der Waals surface area contributed by atoms with Crippen molar-refractivity contribution in [1.29, 1.82) is 0 Å². The van der Waals surface area contributed by atoms with E-state index in [-0.39, 0.29) is 42.8 Å². The molecule has 0 unspecified atom stereocenters. The van der Waals surface area contributed by atoms with Gasteiger partial charge in [-0.25, -0.2) is 8.42 Å². The van der Waals surface area contributed by atoms with Gasteiger partial charge in [-0.1, -0.05) is 17.7 Å². The van der Waals surface area contributed by atoms with Crippen molar-refractivity contribution in [2.24, 2.45) is 0 Å². The molecule has 1 aromatic carbocycles. The summed E-state index contributed by atoms with van der Waals surface area (Å²) in [7, 11) is -1.98. The minimum atomic E-state index is -3.58. The second-order valence-electron chi connectivity index (χ2n) is 5.41. The third kappa shape index (κ3) is 6.09. The van der Waals surface area contributed by atoms with Crippen molar-refractivity contribution in [3.63, 3.8) is 0 Å². The van der Waals surface area contributed by atoms with Gasteiger partial charge < -0.3 is 15.0 Å². The van der Waals surface area contributed by atoms with E-state index in [2.05, 4.69) is 5.32 Å². The molecule has 1 fully saturated rings. The largest absolute Gasteiger partial charge is 0.383 e. The maximum atomic E-state index is 12.6. The van der Waals surface area contributed by atoms with Crippen molar-refractivity contribution in [3.8, 4) is 0 Å². The summed E-state index contributed by atoms with van der Waals surface area (Å²) in [6.07, 6.45) is 0. The lowest BCUT2D eigenvalue weighted by Gasteiger charge is -2.34. The molecule has 1 heterocycles. The molecule has 1 saturated heterocycles. The summed E-state index contributed by atoms with van der Waals surface area (Å²) in [5, 5.41) is 3.38. The Kier molecular flexibility index (Phi) is 9.12. The van der Waals surface area contributed by atoms with Gasteiger partial charge in [-0.05, 0) is 18.2 Å². The highest BCUT2D eigenvalue weighted by Gasteiger charge is 2.29. The summed E-state index contributed by atoms with van der Waals surface area (Å²) in [6, 6.07) is 6.21. The van der Waals surface area contributed by atoms with Crippen molar-refractivity contribution in [1.82, 2.24) is 14.5 Å². The smallest absolute Gasteiger partial charge is 0.243 e. The highest BCUT2D eigenvalue weighted by Crippen LogP contribution is 2.20. The Morgan fingerprint density at radius 2 is 1.96 bits per heavy atom. The van der Waals surface area contributed by atoms with Gasteiger partial charge in [0.25, 0.3) is 0 Å². The number of piperazine rings is 1. The lowest BCUT2D eigenvalue weighted by Crippen LogP contribution is -2.52. The summed E-state index contributed by atoms with van der Waals surface area (Å²) in [6.45, 7) is 2.68. The Labute approximate surface area is 159 Å². The number of ether oxygens (including phenoxy) is 1. The number of nitrogens with zero attached hydrogens (tertiary/aromatic N) is 2. The Hall–Kier alpha value is -0.900. The monoisotopic (exact) mass is 411 g/mol. The number of hydrogen-bond acceptors (Lipinski definition) is 5. The van der Waals surface area contributed by atoms with E-state index in [9.17, 15) is 13.2 Å². The lowest BCUT2D eigenvalue weighted by molar-refractivity contribution is -0.131. The molecule has 1 aliphatic rings. The minimum Gasteiger partial charge on any atom is -0.383 e. The zero-order valence-electron chi connectivity index (χ0n) is 14.0. The lowest BCUT2D eigenvalue weighted by atomic mass is 10.3. The van der Waals surface area contributed by atoms with Gasteiger partial charge in [-0.2, -0.15) is 4.31 Å². The third-order valence-electron chi connectivity index (χ3n) is 3.78. The van der Waals surface area contributed by atoms with Crippen LogP contribution in [0.2, 0.25) is 5.02 Å². The van der Waals surface area contributed by atoms with E-state index in [1.165, 1.54) is 16.4 Å². The number of sulfonamides is 1. The van der Waals surface area contributed by atoms with Crippen LogP contribution >= 0.6 is 24.0 Å². The first kappa shape index (κ1) is 22.1. The molecule has 2 rings (SSSR count). The van der Waals surface area contributed by atoms with Gasteiger partial charge in [0.2, 0.25) is 15.9 Å². The van der Waals surface area contributed by atoms with Crippen LogP contribution in [0.1, 0.15) is 0 Å². The van der Waals surface area contributed by atoms with Crippen molar-refractivity contribution in [2.45, 2.75) is 4.90 Å². The van der Waals surface area contributed by atoms with E-state index in [0.29, 0.717) is 31.3 Å². The van der Waals surface area contributed by atoms with Gasteiger partial charge in [0.05, 0.1) is 18.0 Å². The standard InChI is InChI=1S/C15H22ClN3O4S.ClH/c1-23-10-5-17-12-15(20)18-6-8-19(9-7-18)24(21,22)14-4-2-3-13(16)11-14;/h2-4,11,17H,5-10,12H2,1H3;1H. The Balaban J connectivity index is 0.00000312. The third-order valence-corrected chi connectivity index (χ3v) is 5.91. The number of carbonyl (C=O) groups excluding carboxylic acids is 1. The van der Waals surface area contributed by atoms with Crippen LogP contribution in [0.15, 0.2) is 29.2 Å². The second-order valence-corrected chi connectivity index (χ2v) is 7.79. The summed E-state index contributed by atoms with van der Waals surface area (Å²) in [5.74, 6) is -0.0362. The van der Waals surface area contributed by atoms with E-state index in [1.54, 1.807) is 24.1 Å². The van der Waals surface area contributed by atoms with Crippen LogP contribution in [0.3, 0.4) is 0 Å². The fourth-order valence-corrected chi connectivity index (χ4v) is 4.16. The van der Waals surface area contributed by atoms with E-state index in [0.717, 1.165) is 0 Å². The molecule has 1 N–H and O–H groups in total. The van der Waals surface area contributed by atoms with Crippen LogP contribution < -0.4 is 5.32 Å². The first-order valence-electron chi connectivity index (χ1n) is 7.68. The number of nitrogens with one attached hydrogen (secondary N) is 1. The van der Waals surface area contributed by atoms with Gasteiger partial charge in [0.1, 0.15) is 0 Å². The molecule has 0 radical (unpaired) electrons. The van der Waals surface area contributed by atoms with Crippen LogP contribution in [0.5, 0.6) is 0 Å². The van der Waals surface area contributed by atoms with Crippen molar-refractivity contribution >= 4 is 39.9 Å². The summed E-state index contributed by atoms with van der Waals surface area (Å²) in [4.78, 5) is 13.9. The van der Waals surface area contributed by atoms with Crippen LogP contribution in [0.25, 0.3) is 0 Å². The van der Waals surface area contributed by atoms with Crippen molar-refractivity contribution in [2.75, 3.05) is 53.0 Å². The average molecular weight is 412 g/mol. The highest BCUT2D eigenvalue weighted by atomic mass is 35.5. The van der Waals surface area contributed by atoms with Gasteiger partial charge in [0, 0.05) is 44.9 Å². The van der Waals surface area contributed by atoms with Crippen molar-refractivity contribution in [3.05, 3.63) is 29.3 Å². The molecule has 10 heteroatoms. The van der Waals surface area contributed by atoms with Crippen LogP contribution in [0.4, 0.5) is 0 Å². The number of amides is 1. The molecule has 7 nitrogen and oxygen atoms in total. The maximum absolute atomic E-state index is 12.6. The molecular weight excluding hydrogens is 389 g/mol. The SMILES string of the molecule is COCCNCC(=O)N1CCN(S(=O)(=O)c2cccc(Cl)c2)CC1.Cl. The summed E-state index contributed by atoms with van der Waals surface area (Å²) < 4.78 is 31.5. The van der Waals surface area contributed by atoms with E-state index < -0.39 is 10.0 Å². The maximum Gasteiger partial charge on any atom is 0.243 e. The molecule has 25 heavy (non-hydrogen) atoms. The van der Waals surface area contributed by atoms with E-state index >= 15 is 0 Å². The topological polar surface area (TPSA) is 79.0 Å². The summed E-state index contributed by atoms with van der Waals surface area (Å²) >= 11 is 5.87. The molecule has 0 aromatic heterocycles. The summed E-state index contributed by atoms with van der Waals surface area (Å²) in [5.41, 5.74) is 0. The van der Waals surface area contributed by atoms with Gasteiger partial charge in [-0.3, -0.25) is 4.79 Å². The zero-order chi connectivity index (χ0) is 17.6. The predicted octanol–water partition coefficient (Wildman–Crippen LogP) is 0.831. The average Bonchev–Trinajstić information content (AvgIpc) is 2.58. The Bertz CT molecular complexity index is 664. The molecule has 0 saturated carbocycles. The van der Waals surface area contributed by atoms with Gasteiger partial charge >= 0.3 is 0 Å². The van der Waals surface area contributed by atoms with Gasteiger partial charge in [-0.15, -0.1) is 12.4 Å². The molecular formula is C15H23Cl2N3O4S. The molecule has 0 aliphatic carbocycles. The number of methoxy groups -OCH3 is 1. The number of halogens is 2. The molecule has 1 aliphatic heterocycles. The molecule has 1 aromatic rings. The molecule has 0 spiro atoms. The Morgan fingerprint density at radius 1 is 1.28 bits per heavy atom. The zero-order valence-corrected chi connectivity index (χ0v) is 16.4. The normalized spacial score (nSPS) is 15.7. The molecule has 0 atom stereocenters. The fraction of sp³-hybridized carbons (Fsp3) is 0.533. The highest BCUT2D eigenvalue weighted by molar-refractivity contribution is 7.89. The van der Waals surface area contributed by atoms with E-state index in [4.69, 9.17) is 16.3 Å². The second kappa shape index (κ2) is 10.3.